The summed E-state index contributed by atoms with van der Waals surface area (Å²) >= 11 is 0. The topological polar surface area (TPSA) is 28.4 Å². The Kier molecular flexibility index (Phi) is 4.46. The summed E-state index contributed by atoms with van der Waals surface area (Å²) in [5.74, 6) is 1.07. The van der Waals surface area contributed by atoms with E-state index >= 15 is 0 Å². The Morgan fingerprint density at radius 2 is 2.11 bits per heavy atom. The molecular formula is C15H26N2O. The summed E-state index contributed by atoms with van der Waals surface area (Å²) in [5.41, 5.74) is 0.372. The zero-order valence-electron chi connectivity index (χ0n) is 11.9. The maximum atomic E-state index is 5.40. The summed E-state index contributed by atoms with van der Waals surface area (Å²) in [6.45, 7) is 3.32. The third kappa shape index (κ3) is 3.15. The van der Waals surface area contributed by atoms with Crippen LogP contribution in [0.2, 0.25) is 0 Å². The molecule has 3 nitrogen and oxygen atoms in total. The Hall–Kier alpha value is -0.800. The highest BCUT2D eigenvalue weighted by atomic mass is 16.3. The molecule has 1 fully saturated rings. The number of hydrogen-bond donors (Lipinski definition) is 1. The van der Waals surface area contributed by atoms with Crippen molar-refractivity contribution in [3.05, 3.63) is 24.2 Å². The largest absolute Gasteiger partial charge is 0.469 e. The second-order valence-electron chi connectivity index (χ2n) is 5.89. The van der Waals surface area contributed by atoms with E-state index in [0.29, 0.717) is 11.6 Å². The number of hydrogen-bond acceptors (Lipinski definition) is 3. The number of nitrogens with one attached hydrogen (secondary N) is 1. The first kappa shape index (κ1) is 13.6. The molecule has 0 aliphatic heterocycles. The smallest absolute Gasteiger partial charge is 0.105 e. The Morgan fingerprint density at radius 3 is 2.67 bits per heavy atom. The van der Waals surface area contributed by atoms with Crippen LogP contribution in [0.5, 0.6) is 0 Å². The lowest BCUT2D eigenvalue weighted by atomic mass is 9.95. The van der Waals surface area contributed by atoms with Crippen LogP contribution in [0.1, 0.15) is 38.4 Å². The molecule has 1 aliphatic rings. The summed E-state index contributed by atoms with van der Waals surface area (Å²) < 4.78 is 5.40. The highest BCUT2D eigenvalue weighted by molar-refractivity contribution is 5.01. The maximum Gasteiger partial charge on any atom is 0.105 e. The minimum absolute atomic E-state index is 0.372. The van der Waals surface area contributed by atoms with E-state index in [1.807, 2.05) is 6.07 Å². The maximum absolute atomic E-state index is 5.40. The van der Waals surface area contributed by atoms with Gasteiger partial charge in [-0.3, -0.25) is 0 Å². The van der Waals surface area contributed by atoms with Crippen molar-refractivity contribution in [3.63, 3.8) is 0 Å². The van der Waals surface area contributed by atoms with Gasteiger partial charge in [0.05, 0.1) is 6.26 Å². The van der Waals surface area contributed by atoms with Crippen molar-refractivity contribution in [2.24, 2.45) is 0 Å². The van der Waals surface area contributed by atoms with Crippen molar-refractivity contribution in [1.82, 2.24) is 10.2 Å². The Labute approximate surface area is 111 Å². The van der Waals surface area contributed by atoms with Gasteiger partial charge in [0.25, 0.3) is 0 Å². The van der Waals surface area contributed by atoms with Crippen LogP contribution < -0.4 is 5.32 Å². The fourth-order valence-corrected chi connectivity index (χ4v) is 2.98. The molecular weight excluding hydrogens is 224 g/mol. The summed E-state index contributed by atoms with van der Waals surface area (Å²) in [6, 6.07) is 4.48. The van der Waals surface area contributed by atoms with Crippen molar-refractivity contribution in [1.29, 1.82) is 0 Å². The quantitative estimate of drug-likeness (QED) is 0.841. The van der Waals surface area contributed by atoms with Gasteiger partial charge in [-0.2, -0.15) is 0 Å². The Balaban J connectivity index is 1.82. The van der Waals surface area contributed by atoms with Crippen LogP contribution in [0.25, 0.3) is 0 Å². The van der Waals surface area contributed by atoms with Gasteiger partial charge in [-0.15, -0.1) is 0 Å². The van der Waals surface area contributed by atoms with Crippen LogP contribution in [-0.4, -0.2) is 37.1 Å². The van der Waals surface area contributed by atoms with Gasteiger partial charge in [-0.1, -0.05) is 12.8 Å². The van der Waals surface area contributed by atoms with Gasteiger partial charge in [0, 0.05) is 24.5 Å². The average Bonchev–Trinajstić information content (AvgIpc) is 2.97. The molecule has 18 heavy (non-hydrogen) atoms. The fourth-order valence-electron chi connectivity index (χ4n) is 2.98. The van der Waals surface area contributed by atoms with Gasteiger partial charge < -0.3 is 14.6 Å². The summed E-state index contributed by atoms with van der Waals surface area (Å²) in [7, 11) is 4.42. The van der Waals surface area contributed by atoms with Crippen molar-refractivity contribution in [3.8, 4) is 0 Å². The van der Waals surface area contributed by atoms with Crippen LogP contribution in [0.3, 0.4) is 0 Å². The van der Waals surface area contributed by atoms with Gasteiger partial charge in [0.2, 0.25) is 0 Å². The molecule has 3 heteroatoms. The molecule has 1 aromatic heterocycles. The van der Waals surface area contributed by atoms with Crippen LogP contribution in [0.4, 0.5) is 0 Å². The van der Waals surface area contributed by atoms with E-state index in [4.69, 9.17) is 4.42 Å². The molecule has 1 aliphatic carbocycles. The molecule has 1 N–H and O–H groups in total. The molecule has 0 bridgehead atoms. The van der Waals surface area contributed by atoms with E-state index in [0.717, 1.165) is 18.7 Å². The molecule has 0 saturated heterocycles. The predicted molar refractivity (Wildman–Crippen MR) is 74.8 cm³/mol. The highest BCUT2D eigenvalue weighted by Crippen LogP contribution is 2.33. The minimum atomic E-state index is 0.372. The van der Waals surface area contributed by atoms with Crippen LogP contribution in [0.15, 0.2) is 22.8 Å². The molecule has 2 rings (SSSR count). The molecule has 0 amide bonds. The molecule has 1 aromatic rings. The Bertz CT molecular complexity index is 339. The SMILES string of the molecule is CC(Cc1ccco1)NCC1(N(C)C)CCCC1. The number of nitrogens with zero attached hydrogens (tertiary/aromatic N) is 1. The number of likely N-dealkylation sites (N-methyl/N-ethyl adjacent to an activating group) is 1. The molecule has 1 atom stereocenters. The number of rotatable bonds is 6. The van der Waals surface area contributed by atoms with E-state index in [9.17, 15) is 0 Å². The zero-order chi connectivity index (χ0) is 13.0. The molecule has 0 aromatic carbocycles. The van der Waals surface area contributed by atoms with Crippen molar-refractivity contribution in [2.75, 3.05) is 20.6 Å². The number of furan rings is 1. The Morgan fingerprint density at radius 1 is 1.39 bits per heavy atom. The van der Waals surface area contributed by atoms with Crippen molar-refractivity contribution < 1.29 is 4.42 Å². The third-order valence-electron chi connectivity index (χ3n) is 4.35. The minimum Gasteiger partial charge on any atom is -0.469 e. The first-order valence-electron chi connectivity index (χ1n) is 7.06. The van der Waals surface area contributed by atoms with Gasteiger partial charge in [-0.25, -0.2) is 0 Å². The van der Waals surface area contributed by atoms with E-state index in [1.54, 1.807) is 6.26 Å². The lowest BCUT2D eigenvalue weighted by Gasteiger charge is -2.37. The second-order valence-corrected chi connectivity index (χ2v) is 5.89. The van der Waals surface area contributed by atoms with Crippen LogP contribution >= 0.6 is 0 Å². The van der Waals surface area contributed by atoms with Crippen molar-refractivity contribution in [2.45, 2.75) is 50.6 Å². The van der Waals surface area contributed by atoms with Crippen LogP contribution in [-0.2, 0) is 6.42 Å². The highest BCUT2D eigenvalue weighted by Gasteiger charge is 2.35. The molecule has 1 unspecified atom stereocenters. The molecule has 102 valence electrons. The monoisotopic (exact) mass is 250 g/mol. The fraction of sp³-hybridized carbons (Fsp3) is 0.733. The lowest BCUT2D eigenvalue weighted by Crippen LogP contribution is -2.51. The first-order chi connectivity index (χ1) is 8.62. The van der Waals surface area contributed by atoms with Crippen molar-refractivity contribution >= 4 is 0 Å². The molecule has 1 saturated carbocycles. The third-order valence-corrected chi connectivity index (χ3v) is 4.35. The summed E-state index contributed by atoms with van der Waals surface area (Å²) in [5, 5.41) is 3.68. The van der Waals surface area contributed by atoms with E-state index in [2.05, 4.69) is 37.3 Å². The molecule has 1 heterocycles. The standard InChI is InChI=1S/C15H26N2O/c1-13(11-14-7-6-10-18-14)16-12-15(17(2)3)8-4-5-9-15/h6-7,10,13,16H,4-5,8-9,11-12H2,1-3H3. The predicted octanol–water partition coefficient (Wildman–Crippen LogP) is 2.67. The van der Waals surface area contributed by atoms with Gasteiger partial charge in [-0.05, 0) is 46.0 Å². The van der Waals surface area contributed by atoms with E-state index in [1.165, 1.54) is 25.7 Å². The molecule has 0 spiro atoms. The average molecular weight is 250 g/mol. The normalized spacial score (nSPS) is 20.4. The van der Waals surface area contributed by atoms with Gasteiger partial charge >= 0.3 is 0 Å². The second kappa shape index (κ2) is 5.89. The molecule has 0 radical (unpaired) electrons. The first-order valence-corrected chi connectivity index (χ1v) is 7.06. The zero-order valence-corrected chi connectivity index (χ0v) is 11.9. The van der Waals surface area contributed by atoms with Gasteiger partial charge in [0.15, 0.2) is 0 Å². The van der Waals surface area contributed by atoms with Gasteiger partial charge in [0.1, 0.15) is 5.76 Å². The lowest BCUT2D eigenvalue weighted by molar-refractivity contribution is 0.149. The van der Waals surface area contributed by atoms with Crippen LogP contribution in [0, 0.1) is 0 Å². The van der Waals surface area contributed by atoms with E-state index < -0.39 is 0 Å². The summed E-state index contributed by atoms with van der Waals surface area (Å²) in [6.07, 6.45) is 8.09. The summed E-state index contributed by atoms with van der Waals surface area (Å²) in [4.78, 5) is 2.41. The van der Waals surface area contributed by atoms with E-state index in [-0.39, 0.29) is 0 Å².